The molecule has 2 aliphatic rings. The fraction of sp³-hybridized carbons (Fsp3) is 0.526. The van der Waals surface area contributed by atoms with Crippen LogP contribution in [0.15, 0.2) is 18.2 Å². The summed E-state index contributed by atoms with van der Waals surface area (Å²) in [6, 6.07) is 5.97. The number of piperazine rings is 1. The highest BCUT2D eigenvalue weighted by atomic mass is 35.5. The van der Waals surface area contributed by atoms with Crippen LogP contribution in [0.2, 0.25) is 5.02 Å². The SMILES string of the molecule is N#CC1(C(=O)N2CCN(C(=O)c3ccc(F)cc3Cl)CC2)CCCCC1. The van der Waals surface area contributed by atoms with Crippen LogP contribution in [-0.2, 0) is 4.79 Å². The molecule has 26 heavy (non-hydrogen) atoms. The molecule has 1 aliphatic carbocycles. The molecule has 0 unspecified atom stereocenters. The van der Waals surface area contributed by atoms with Gasteiger partial charge in [0.1, 0.15) is 11.2 Å². The maximum atomic E-state index is 13.2. The first-order chi connectivity index (χ1) is 12.5. The maximum Gasteiger partial charge on any atom is 0.255 e. The molecule has 0 spiro atoms. The van der Waals surface area contributed by atoms with Crippen LogP contribution in [0.4, 0.5) is 4.39 Å². The van der Waals surface area contributed by atoms with Gasteiger partial charge in [-0.25, -0.2) is 4.39 Å². The number of rotatable bonds is 2. The van der Waals surface area contributed by atoms with E-state index < -0.39 is 11.2 Å². The van der Waals surface area contributed by atoms with Crippen LogP contribution in [0.25, 0.3) is 0 Å². The topological polar surface area (TPSA) is 64.4 Å². The summed E-state index contributed by atoms with van der Waals surface area (Å²) in [4.78, 5) is 28.8. The molecule has 1 saturated carbocycles. The number of hydrogen-bond donors (Lipinski definition) is 0. The molecule has 7 heteroatoms. The van der Waals surface area contributed by atoms with Gasteiger partial charge in [0.05, 0.1) is 16.7 Å². The quantitative estimate of drug-likeness (QED) is 0.794. The molecular weight excluding hydrogens is 357 g/mol. The van der Waals surface area contributed by atoms with E-state index in [0.717, 1.165) is 25.3 Å². The van der Waals surface area contributed by atoms with Crippen LogP contribution >= 0.6 is 11.6 Å². The van der Waals surface area contributed by atoms with Crippen LogP contribution in [0.3, 0.4) is 0 Å². The van der Waals surface area contributed by atoms with Gasteiger partial charge in [-0.1, -0.05) is 30.9 Å². The third-order valence-electron chi connectivity index (χ3n) is 5.35. The number of nitrogens with zero attached hydrogens (tertiary/aromatic N) is 3. The standard InChI is InChI=1S/C19H21ClFN3O2/c20-16-12-14(21)4-5-15(16)17(25)23-8-10-24(11-9-23)18(26)19(13-22)6-2-1-3-7-19/h4-5,12H,1-3,6-11H2. The largest absolute Gasteiger partial charge is 0.338 e. The zero-order valence-electron chi connectivity index (χ0n) is 14.5. The number of halogens is 2. The Balaban J connectivity index is 1.64. The summed E-state index contributed by atoms with van der Waals surface area (Å²) >= 11 is 5.97. The van der Waals surface area contributed by atoms with Crippen molar-refractivity contribution in [3.63, 3.8) is 0 Å². The Morgan fingerprint density at radius 3 is 2.27 bits per heavy atom. The predicted molar refractivity (Wildman–Crippen MR) is 95.0 cm³/mol. The number of amides is 2. The normalized spacial score (nSPS) is 19.7. The molecule has 1 heterocycles. The molecule has 5 nitrogen and oxygen atoms in total. The lowest BCUT2D eigenvalue weighted by Crippen LogP contribution is -2.54. The third-order valence-corrected chi connectivity index (χ3v) is 5.66. The second kappa shape index (κ2) is 7.63. The van der Waals surface area contributed by atoms with E-state index in [1.807, 2.05) is 0 Å². The molecule has 0 bridgehead atoms. The third kappa shape index (κ3) is 3.54. The van der Waals surface area contributed by atoms with Gasteiger partial charge in [0.25, 0.3) is 5.91 Å². The van der Waals surface area contributed by atoms with Crippen molar-refractivity contribution >= 4 is 23.4 Å². The monoisotopic (exact) mass is 377 g/mol. The van der Waals surface area contributed by atoms with Crippen molar-refractivity contribution in [3.05, 3.63) is 34.6 Å². The Kier molecular flexibility index (Phi) is 5.47. The van der Waals surface area contributed by atoms with E-state index in [9.17, 15) is 19.2 Å². The zero-order valence-corrected chi connectivity index (χ0v) is 15.3. The lowest BCUT2D eigenvalue weighted by Gasteiger charge is -2.39. The molecule has 1 aromatic carbocycles. The molecule has 138 valence electrons. The fourth-order valence-electron chi connectivity index (χ4n) is 3.78. The zero-order chi connectivity index (χ0) is 18.7. The second-order valence-electron chi connectivity index (χ2n) is 6.96. The van der Waals surface area contributed by atoms with Crippen LogP contribution in [0, 0.1) is 22.6 Å². The van der Waals surface area contributed by atoms with E-state index in [4.69, 9.17) is 11.6 Å². The summed E-state index contributed by atoms with van der Waals surface area (Å²) in [5, 5.41) is 9.66. The highest BCUT2D eigenvalue weighted by Crippen LogP contribution is 2.37. The predicted octanol–water partition coefficient (Wildman–Crippen LogP) is 3.24. The van der Waals surface area contributed by atoms with Crippen LogP contribution in [-0.4, -0.2) is 47.8 Å². The number of carbonyl (C=O) groups is 2. The molecule has 0 atom stereocenters. The molecule has 1 aromatic rings. The Bertz CT molecular complexity index is 748. The Hall–Kier alpha value is -2.13. The second-order valence-corrected chi connectivity index (χ2v) is 7.37. The van der Waals surface area contributed by atoms with Gasteiger partial charge in [-0.2, -0.15) is 5.26 Å². The Morgan fingerprint density at radius 2 is 1.69 bits per heavy atom. The smallest absolute Gasteiger partial charge is 0.255 e. The van der Waals surface area contributed by atoms with E-state index in [1.54, 1.807) is 9.80 Å². The molecule has 2 fully saturated rings. The van der Waals surface area contributed by atoms with Crippen molar-refractivity contribution in [2.75, 3.05) is 26.2 Å². The van der Waals surface area contributed by atoms with Crippen molar-refractivity contribution in [3.8, 4) is 6.07 Å². The highest BCUT2D eigenvalue weighted by Gasteiger charge is 2.43. The average molecular weight is 378 g/mol. The minimum Gasteiger partial charge on any atom is -0.338 e. The molecule has 0 radical (unpaired) electrons. The van der Waals surface area contributed by atoms with Crippen molar-refractivity contribution in [1.82, 2.24) is 9.80 Å². The van der Waals surface area contributed by atoms with E-state index >= 15 is 0 Å². The first kappa shape index (κ1) is 18.7. The van der Waals surface area contributed by atoms with Gasteiger partial charge in [-0.05, 0) is 31.0 Å². The number of nitriles is 1. The van der Waals surface area contributed by atoms with Crippen molar-refractivity contribution in [2.24, 2.45) is 5.41 Å². The molecule has 1 saturated heterocycles. The van der Waals surface area contributed by atoms with Crippen molar-refractivity contribution < 1.29 is 14.0 Å². The first-order valence-electron chi connectivity index (χ1n) is 8.92. The minimum absolute atomic E-state index is 0.0825. The first-order valence-corrected chi connectivity index (χ1v) is 9.30. The number of benzene rings is 1. The van der Waals surface area contributed by atoms with Gasteiger partial charge in [0.2, 0.25) is 5.91 Å². The highest BCUT2D eigenvalue weighted by molar-refractivity contribution is 6.33. The summed E-state index contributed by atoms with van der Waals surface area (Å²) in [5.41, 5.74) is -0.640. The van der Waals surface area contributed by atoms with Gasteiger partial charge >= 0.3 is 0 Å². The van der Waals surface area contributed by atoms with Crippen LogP contribution in [0.5, 0.6) is 0 Å². The Labute approximate surface area is 157 Å². The van der Waals surface area contributed by atoms with Gasteiger partial charge in [0, 0.05) is 26.2 Å². The van der Waals surface area contributed by atoms with Gasteiger partial charge in [-0.15, -0.1) is 0 Å². The van der Waals surface area contributed by atoms with Crippen LogP contribution in [0.1, 0.15) is 42.5 Å². The molecule has 0 N–H and O–H groups in total. The van der Waals surface area contributed by atoms with Gasteiger partial charge < -0.3 is 9.80 Å². The van der Waals surface area contributed by atoms with E-state index in [0.29, 0.717) is 39.0 Å². The lowest BCUT2D eigenvalue weighted by molar-refractivity contribution is -0.142. The van der Waals surface area contributed by atoms with Crippen molar-refractivity contribution in [2.45, 2.75) is 32.1 Å². The molecule has 2 amide bonds. The maximum absolute atomic E-state index is 13.2. The molecule has 3 rings (SSSR count). The summed E-state index contributed by atoms with van der Waals surface area (Å²) in [5.74, 6) is -0.863. The van der Waals surface area contributed by atoms with E-state index in [2.05, 4.69) is 6.07 Å². The van der Waals surface area contributed by atoms with Gasteiger partial charge in [0.15, 0.2) is 0 Å². The summed E-state index contributed by atoms with van der Waals surface area (Å²) in [7, 11) is 0. The van der Waals surface area contributed by atoms with Gasteiger partial charge in [-0.3, -0.25) is 9.59 Å². The Morgan fingerprint density at radius 1 is 1.08 bits per heavy atom. The summed E-state index contributed by atoms with van der Waals surface area (Å²) in [6.45, 7) is 1.54. The molecule has 0 aromatic heterocycles. The van der Waals surface area contributed by atoms with E-state index in [-0.39, 0.29) is 22.4 Å². The molecular formula is C19H21ClFN3O2. The minimum atomic E-state index is -0.898. The number of carbonyl (C=O) groups excluding carboxylic acids is 2. The summed E-state index contributed by atoms with van der Waals surface area (Å²) < 4.78 is 13.2. The molecule has 1 aliphatic heterocycles. The number of hydrogen-bond acceptors (Lipinski definition) is 3. The summed E-state index contributed by atoms with van der Waals surface area (Å²) in [6.07, 6.45) is 4.11. The average Bonchev–Trinajstić information content (AvgIpc) is 2.67. The van der Waals surface area contributed by atoms with Crippen LogP contribution < -0.4 is 0 Å². The fourth-order valence-corrected chi connectivity index (χ4v) is 4.03. The van der Waals surface area contributed by atoms with Crippen molar-refractivity contribution in [1.29, 1.82) is 5.26 Å². The van der Waals surface area contributed by atoms with E-state index in [1.165, 1.54) is 12.1 Å². The lowest BCUT2D eigenvalue weighted by atomic mass is 9.74.